The number of hydrogen-bond donors (Lipinski definition) is 3. The molecule has 1 aromatic rings. The maximum absolute atomic E-state index is 13.1. The number of carbonyl (C=O) groups is 1. The molecule has 5 nitrogen and oxygen atoms in total. The molecule has 0 aromatic heterocycles. The molecule has 1 amide bonds. The highest BCUT2D eigenvalue weighted by Gasteiger charge is 2.12. The van der Waals surface area contributed by atoms with Crippen LogP contribution in [0.1, 0.15) is 23.2 Å². The van der Waals surface area contributed by atoms with E-state index in [0.717, 1.165) is 0 Å². The fourth-order valence-electron chi connectivity index (χ4n) is 1.30. The summed E-state index contributed by atoms with van der Waals surface area (Å²) in [6.45, 7) is 0.321. The number of amidine groups is 1. The predicted molar refractivity (Wildman–Crippen MR) is 66.4 cm³/mol. The van der Waals surface area contributed by atoms with Gasteiger partial charge in [-0.05, 0) is 18.6 Å². The molecule has 0 radical (unpaired) electrons. The minimum atomic E-state index is -0.638. The van der Waals surface area contributed by atoms with E-state index in [2.05, 4.69) is 10.5 Å². The van der Waals surface area contributed by atoms with E-state index in [4.69, 9.17) is 22.5 Å². The van der Waals surface area contributed by atoms with E-state index >= 15 is 0 Å². The van der Waals surface area contributed by atoms with Crippen molar-refractivity contribution < 1.29 is 14.4 Å². The normalized spacial score (nSPS) is 11.3. The number of nitrogens with zero attached hydrogens (tertiary/aromatic N) is 1. The summed E-state index contributed by atoms with van der Waals surface area (Å²) >= 11 is 5.67. The second-order valence-electron chi connectivity index (χ2n) is 3.55. The van der Waals surface area contributed by atoms with Gasteiger partial charge in [-0.25, -0.2) is 4.39 Å². The number of hydrogen-bond acceptors (Lipinski definition) is 3. The first-order valence-corrected chi connectivity index (χ1v) is 5.62. The van der Waals surface area contributed by atoms with Crippen molar-refractivity contribution in [3.05, 3.63) is 34.6 Å². The third kappa shape index (κ3) is 3.89. The molecule has 1 rings (SSSR count). The van der Waals surface area contributed by atoms with Crippen molar-refractivity contribution in [1.29, 1.82) is 0 Å². The summed E-state index contributed by atoms with van der Waals surface area (Å²) in [5, 5.41) is 13.5. The van der Waals surface area contributed by atoms with Crippen LogP contribution in [0.2, 0.25) is 5.02 Å². The van der Waals surface area contributed by atoms with Gasteiger partial charge < -0.3 is 16.3 Å². The zero-order valence-electron chi connectivity index (χ0n) is 9.49. The van der Waals surface area contributed by atoms with E-state index in [9.17, 15) is 9.18 Å². The quantitative estimate of drug-likeness (QED) is 0.251. The smallest absolute Gasteiger partial charge is 0.252 e. The van der Waals surface area contributed by atoms with Crippen molar-refractivity contribution in [3.63, 3.8) is 0 Å². The van der Waals surface area contributed by atoms with Crippen LogP contribution < -0.4 is 11.1 Å². The fraction of sp³-hybridized carbons (Fsp3) is 0.273. The van der Waals surface area contributed by atoms with Crippen LogP contribution in [0.15, 0.2) is 23.4 Å². The van der Waals surface area contributed by atoms with E-state index in [-0.39, 0.29) is 16.4 Å². The van der Waals surface area contributed by atoms with Crippen molar-refractivity contribution in [2.24, 2.45) is 10.9 Å². The molecular formula is C11H13ClFN3O2. The average molecular weight is 274 g/mol. The highest BCUT2D eigenvalue weighted by atomic mass is 35.5. The Morgan fingerprint density at radius 3 is 2.94 bits per heavy atom. The van der Waals surface area contributed by atoms with Gasteiger partial charge in [-0.2, -0.15) is 0 Å². The van der Waals surface area contributed by atoms with Gasteiger partial charge in [0.2, 0.25) is 0 Å². The van der Waals surface area contributed by atoms with E-state index in [1.54, 1.807) is 0 Å². The second-order valence-corrected chi connectivity index (χ2v) is 3.93. The first-order chi connectivity index (χ1) is 8.56. The maximum atomic E-state index is 13.1. The number of amides is 1. The monoisotopic (exact) mass is 273 g/mol. The van der Waals surface area contributed by atoms with E-state index < -0.39 is 11.7 Å². The second kappa shape index (κ2) is 6.80. The van der Waals surface area contributed by atoms with Gasteiger partial charge in [0.1, 0.15) is 11.7 Å². The zero-order chi connectivity index (χ0) is 13.5. The van der Waals surface area contributed by atoms with Crippen LogP contribution in [-0.2, 0) is 0 Å². The topological polar surface area (TPSA) is 87.7 Å². The molecule has 0 saturated carbocycles. The highest BCUT2D eigenvalue weighted by Crippen LogP contribution is 2.19. The van der Waals surface area contributed by atoms with E-state index in [1.807, 2.05) is 0 Å². The molecule has 0 atom stereocenters. The molecule has 0 aliphatic heterocycles. The Labute approximate surface area is 108 Å². The molecule has 0 heterocycles. The third-order valence-corrected chi connectivity index (χ3v) is 2.60. The van der Waals surface area contributed by atoms with Gasteiger partial charge in [0.05, 0.1) is 10.6 Å². The first-order valence-electron chi connectivity index (χ1n) is 5.25. The van der Waals surface area contributed by atoms with Crippen LogP contribution in [0, 0.1) is 5.82 Å². The Kier molecular flexibility index (Phi) is 5.38. The summed E-state index contributed by atoms with van der Waals surface area (Å²) in [6.07, 6.45) is 0.863. The van der Waals surface area contributed by atoms with Gasteiger partial charge in [-0.3, -0.25) is 4.79 Å². The Morgan fingerprint density at radius 2 is 2.28 bits per heavy atom. The molecule has 4 N–H and O–H groups in total. The molecule has 0 aliphatic carbocycles. The summed E-state index contributed by atoms with van der Waals surface area (Å²) in [5.74, 6) is -1.01. The van der Waals surface area contributed by atoms with Crippen molar-refractivity contribution >= 4 is 23.3 Å². The Bertz CT molecular complexity index is 466. The number of nitrogens with two attached hydrogens (primary N) is 1. The number of oxime groups is 1. The van der Waals surface area contributed by atoms with Gasteiger partial charge in [0.15, 0.2) is 0 Å². The lowest BCUT2D eigenvalue weighted by atomic mass is 10.2. The molecule has 98 valence electrons. The number of rotatable bonds is 5. The molecule has 0 aliphatic rings. The summed E-state index contributed by atoms with van der Waals surface area (Å²) in [7, 11) is 0. The van der Waals surface area contributed by atoms with Crippen LogP contribution in [0.3, 0.4) is 0 Å². The number of benzene rings is 1. The van der Waals surface area contributed by atoms with Gasteiger partial charge in [0.25, 0.3) is 5.91 Å². The molecule has 0 fully saturated rings. The lowest BCUT2D eigenvalue weighted by Crippen LogP contribution is -2.26. The van der Waals surface area contributed by atoms with Gasteiger partial charge in [0, 0.05) is 13.0 Å². The molecule has 1 aromatic carbocycles. The molecule has 0 unspecified atom stereocenters. The zero-order valence-corrected chi connectivity index (χ0v) is 10.2. The lowest BCUT2D eigenvalue weighted by Gasteiger charge is -2.06. The number of halogens is 2. The minimum Gasteiger partial charge on any atom is -0.409 e. The molecular weight excluding hydrogens is 261 g/mol. The molecule has 7 heteroatoms. The summed E-state index contributed by atoms with van der Waals surface area (Å²) < 4.78 is 13.1. The van der Waals surface area contributed by atoms with Crippen molar-refractivity contribution in [2.75, 3.05) is 6.54 Å². The summed E-state index contributed by atoms with van der Waals surface area (Å²) in [4.78, 5) is 11.7. The summed E-state index contributed by atoms with van der Waals surface area (Å²) in [5.41, 5.74) is 5.35. The van der Waals surface area contributed by atoms with Crippen LogP contribution in [-0.4, -0.2) is 23.5 Å². The molecule has 0 spiro atoms. The van der Waals surface area contributed by atoms with Crippen molar-refractivity contribution in [3.8, 4) is 0 Å². The molecule has 18 heavy (non-hydrogen) atoms. The molecule has 0 saturated heterocycles. The summed E-state index contributed by atoms with van der Waals surface area (Å²) in [6, 6.07) is 4.02. The largest absolute Gasteiger partial charge is 0.409 e. The first kappa shape index (κ1) is 14.2. The SMILES string of the molecule is N/C(CCCNC(=O)c1cccc(F)c1Cl)=N/O. The van der Waals surface area contributed by atoms with Crippen LogP contribution >= 0.6 is 11.6 Å². The van der Waals surface area contributed by atoms with Crippen LogP contribution in [0.5, 0.6) is 0 Å². The van der Waals surface area contributed by atoms with Crippen molar-refractivity contribution in [1.82, 2.24) is 5.32 Å². The Balaban J connectivity index is 2.49. The van der Waals surface area contributed by atoms with Crippen molar-refractivity contribution in [2.45, 2.75) is 12.8 Å². The number of carbonyl (C=O) groups excluding carboxylic acids is 1. The Hall–Kier alpha value is -1.82. The van der Waals surface area contributed by atoms with Crippen LogP contribution in [0.25, 0.3) is 0 Å². The van der Waals surface area contributed by atoms with Crippen LogP contribution in [0.4, 0.5) is 4.39 Å². The third-order valence-electron chi connectivity index (χ3n) is 2.22. The Morgan fingerprint density at radius 1 is 1.56 bits per heavy atom. The maximum Gasteiger partial charge on any atom is 0.252 e. The van der Waals surface area contributed by atoms with Gasteiger partial charge in [-0.15, -0.1) is 0 Å². The molecule has 0 bridgehead atoms. The standard InChI is InChI=1S/C11H13ClFN3O2/c12-10-7(3-1-4-8(10)13)11(17)15-6-2-5-9(14)16-18/h1,3-4,18H,2,5-6H2,(H2,14,16)(H,15,17). The van der Waals surface area contributed by atoms with Gasteiger partial charge >= 0.3 is 0 Å². The average Bonchev–Trinajstić information content (AvgIpc) is 2.37. The van der Waals surface area contributed by atoms with Gasteiger partial charge in [-0.1, -0.05) is 22.8 Å². The lowest BCUT2D eigenvalue weighted by molar-refractivity contribution is 0.0953. The van der Waals surface area contributed by atoms with E-state index in [1.165, 1.54) is 18.2 Å². The highest BCUT2D eigenvalue weighted by molar-refractivity contribution is 6.34. The predicted octanol–water partition coefficient (Wildman–Crippen LogP) is 1.74. The fourth-order valence-corrected chi connectivity index (χ4v) is 1.51. The number of nitrogens with one attached hydrogen (secondary N) is 1. The minimum absolute atomic E-state index is 0.0838. The van der Waals surface area contributed by atoms with E-state index in [0.29, 0.717) is 19.4 Å².